The van der Waals surface area contributed by atoms with Gasteiger partial charge in [-0.15, -0.1) is 0 Å². The molecule has 0 heterocycles. The van der Waals surface area contributed by atoms with Crippen LogP contribution in [-0.4, -0.2) is 59.6 Å². The van der Waals surface area contributed by atoms with E-state index in [1.165, 1.54) is 51.3 Å². The minimum absolute atomic E-state index is 0.128. The van der Waals surface area contributed by atoms with E-state index in [2.05, 4.69) is 16.0 Å². The number of carboxylic acid groups (broad SMARTS) is 1. The van der Waals surface area contributed by atoms with Crippen molar-refractivity contribution in [1.29, 1.82) is 0 Å². The Balaban J connectivity index is 2.39. The van der Waals surface area contributed by atoms with E-state index in [0.29, 0.717) is 16.3 Å². The van der Waals surface area contributed by atoms with E-state index >= 15 is 0 Å². The Hall–Kier alpha value is -3.51. The Morgan fingerprint density at radius 2 is 1.63 bits per heavy atom. The lowest BCUT2D eigenvalue weighted by Crippen LogP contribution is -2.56. The van der Waals surface area contributed by atoms with Crippen molar-refractivity contribution in [3.63, 3.8) is 0 Å². The Morgan fingerprint density at radius 1 is 1.00 bits per heavy atom. The standard InChI is InChI=1S/C25H29ClF3N3O6/c1-13(2)19(21(33)25(27,28)29)31-23(35)20(15-7-9-17(38-3)10-8-15)32-22(34)18(30-24(36)37)12-14-5-4-6-16(26)11-14/h4-11,13,18-21,30,33H,12H2,1-3H3,(H,31,35)(H,32,34)(H,36,37)/t18-,19-,20-,21-/m0/s1. The molecule has 2 aromatic carbocycles. The first kappa shape index (κ1) is 30.7. The topological polar surface area (TPSA) is 137 Å². The summed E-state index contributed by atoms with van der Waals surface area (Å²) in [6.07, 6.45) is -9.50. The number of rotatable bonds is 11. The monoisotopic (exact) mass is 559 g/mol. The van der Waals surface area contributed by atoms with Gasteiger partial charge in [0.25, 0.3) is 0 Å². The van der Waals surface area contributed by atoms with Crippen LogP contribution >= 0.6 is 11.6 Å². The number of alkyl halides is 3. The Morgan fingerprint density at radius 3 is 2.13 bits per heavy atom. The van der Waals surface area contributed by atoms with Crippen LogP contribution < -0.4 is 20.7 Å². The lowest BCUT2D eigenvalue weighted by Gasteiger charge is -2.31. The van der Waals surface area contributed by atoms with E-state index in [1.54, 1.807) is 18.2 Å². The van der Waals surface area contributed by atoms with Gasteiger partial charge in [0.15, 0.2) is 6.10 Å². The molecule has 13 heteroatoms. The van der Waals surface area contributed by atoms with Gasteiger partial charge in [-0.2, -0.15) is 13.2 Å². The van der Waals surface area contributed by atoms with E-state index in [0.717, 1.165) is 0 Å². The first-order chi connectivity index (χ1) is 17.7. The van der Waals surface area contributed by atoms with Gasteiger partial charge >= 0.3 is 12.3 Å². The molecule has 0 saturated heterocycles. The molecular weight excluding hydrogens is 531 g/mol. The largest absolute Gasteiger partial charge is 0.497 e. The molecule has 0 unspecified atom stereocenters. The van der Waals surface area contributed by atoms with E-state index in [1.807, 2.05) is 0 Å². The summed E-state index contributed by atoms with van der Waals surface area (Å²) in [7, 11) is 1.41. The van der Waals surface area contributed by atoms with Crippen LogP contribution in [0.25, 0.3) is 0 Å². The molecule has 208 valence electrons. The number of hydrogen-bond donors (Lipinski definition) is 5. The van der Waals surface area contributed by atoms with Crippen molar-refractivity contribution in [1.82, 2.24) is 16.0 Å². The Kier molecular flexibility index (Phi) is 10.8. The molecule has 9 nitrogen and oxygen atoms in total. The zero-order chi connectivity index (χ0) is 28.6. The number of benzene rings is 2. The van der Waals surface area contributed by atoms with Crippen molar-refractivity contribution in [2.75, 3.05) is 7.11 Å². The van der Waals surface area contributed by atoms with Gasteiger partial charge in [-0.3, -0.25) is 9.59 Å². The quantitative estimate of drug-likeness (QED) is 0.286. The number of nitrogens with one attached hydrogen (secondary N) is 3. The molecular formula is C25H29ClF3N3O6. The minimum Gasteiger partial charge on any atom is -0.497 e. The minimum atomic E-state index is -5.01. The van der Waals surface area contributed by atoms with Gasteiger partial charge in [0, 0.05) is 11.4 Å². The van der Waals surface area contributed by atoms with Crippen molar-refractivity contribution in [2.24, 2.45) is 5.92 Å². The third kappa shape index (κ3) is 8.80. The molecule has 0 radical (unpaired) electrons. The zero-order valence-electron chi connectivity index (χ0n) is 20.8. The van der Waals surface area contributed by atoms with Crippen molar-refractivity contribution in [3.05, 3.63) is 64.7 Å². The van der Waals surface area contributed by atoms with Crippen molar-refractivity contribution >= 4 is 29.5 Å². The number of aliphatic hydroxyl groups is 1. The lowest BCUT2D eigenvalue weighted by molar-refractivity contribution is -0.215. The van der Waals surface area contributed by atoms with Crippen molar-refractivity contribution in [2.45, 2.75) is 50.7 Å². The maximum absolute atomic E-state index is 13.2. The SMILES string of the molecule is COc1ccc([C@H](NC(=O)[C@H](Cc2cccc(Cl)c2)NC(=O)O)C(=O)N[C@@H](C(C)C)[C@H](O)C(F)(F)F)cc1. The van der Waals surface area contributed by atoms with Crippen LogP contribution in [0.15, 0.2) is 48.5 Å². The first-order valence-corrected chi connectivity index (χ1v) is 11.8. The second kappa shape index (κ2) is 13.3. The highest BCUT2D eigenvalue weighted by Crippen LogP contribution is 2.26. The van der Waals surface area contributed by atoms with Gasteiger partial charge in [0.1, 0.15) is 17.8 Å². The fourth-order valence-corrected chi connectivity index (χ4v) is 3.87. The van der Waals surface area contributed by atoms with Crippen LogP contribution in [0.3, 0.4) is 0 Å². The number of amides is 3. The molecule has 4 atom stereocenters. The molecule has 0 fully saturated rings. The fraction of sp³-hybridized carbons (Fsp3) is 0.400. The van der Waals surface area contributed by atoms with Crippen LogP contribution in [-0.2, 0) is 16.0 Å². The summed E-state index contributed by atoms with van der Waals surface area (Å²) in [6.45, 7) is 2.78. The normalized spacial score (nSPS) is 14.7. The number of aliphatic hydroxyl groups excluding tert-OH is 1. The lowest BCUT2D eigenvalue weighted by atomic mass is 9.96. The predicted molar refractivity (Wildman–Crippen MR) is 133 cm³/mol. The van der Waals surface area contributed by atoms with Gasteiger partial charge in [0.05, 0.1) is 13.2 Å². The van der Waals surface area contributed by atoms with E-state index in [9.17, 15) is 37.8 Å². The smallest absolute Gasteiger partial charge is 0.416 e. The third-order valence-electron chi connectivity index (χ3n) is 5.64. The van der Waals surface area contributed by atoms with Crippen molar-refractivity contribution < 1.29 is 42.5 Å². The molecule has 5 N–H and O–H groups in total. The van der Waals surface area contributed by atoms with Gasteiger partial charge in [0.2, 0.25) is 11.8 Å². The molecule has 0 spiro atoms. The maximum atomic E-state index is 13.2. The Bertz CT molecular complexity index is 1110. The third-order valence-corrected chi connectivity index (χ3v) is 5.88. The molecule has 0 aliphatic rings. The maximum Gasteiger partial charge on any atom is 0.416 e. The number of carbonyl (C=O) groups excluding carboxylic acids is 2. The highest BCUT2D eigenvalue weighted by molar-refractivity contribution is 6.30. The summed E-state index contributed by atoms with van der Waals surface area (Å²) >= 11 is 5.97. The molecule has 0 aromatic heterocycles. The van der Waals surface area contributed by atoms with Gasteiger partial charge in [-0.25, -0.2) is 4.79 Å². The summed E-state index contributed by atoms with van der Waals surface area (Å²) in [5.41, 5.74) is 0.697. The highest BCUT2D eigenvalue weighted by Gasteiger charge is 2.45. The van der Waals surface area contributed by atoms with Crippen LogP contribution in [0, 0.1) is 5.92 Å². The summed E-state index contributed by atoms with van der Waals surface area (Å²) in [6, 6.07) is 7.52. The second-order valence-corrected chi connectivity index (χ2v) is 9.25. The molecule has 3 amide bonds. The summed E-state index contributed by atoms with van der Waals surface area (Å²) in [5.74, 6) is -2.37. The number of methoxy groups -OCH3 is 1. The predicted octanol–water partition coefficient (Wildman–Crippen LogP) is 3.45. The number of halogens is 4. The number of ether oxygens (including phenoxy) is 1. The van der Waals surface area contributed by atoms with E-state index in [-0.39, 0.29) is 12.0 Å². The van der Waals surface area contributed by atoms with Crippen molar-refractivity contribution in [3.8, 4) is 5.75 Å². The summed E-state index contributed by atoms with van der Waals surface area (Å²) in [5, 5.41) is 26.1. The molecule has 0 bridgehead atoms. The Labute approximate surface area is 222 Å². The van der Waals surface area contributed by atoms with Gasteiger partial charge < -0.3 is 30.9 Å². The number of carbonyl (C=O) groups is 3. The molecule has 0 saturated carbocycles. The van der Waals surface area contributed by atoms with Gasteiger partial charge in [-0.1, -0.05) is 49.7 Å². The fourth-order valence-electron chi connectivity index (χ4n) is 3.66. The van der Waals surface area contributed by atoms with E-state index in [4.69, 9.17) is 16.3 Å². The molecule has 2 aromatic rings. The van der Waals surface area contributed by atoms with Crippen LogP contribution in [0.4, 0.5) is 18.0 Å². The molecule has 0 aliphatic heterocycles. The second-order valence-electron chi connectivity index (χ2n) is 8.82. The van der Waals surface area contributed by atoms with Crippen LogP contribution in [0.1, 0.15) is 31.0 Å². The first-order valence-electron chi connectivity index (χ1n) is 11.5. The summed E-state index contributed by atoms with van der Waals surface area (Å²) in [4.78, 5) is 37.8. The number of hydrogen-bond acceptors (Lipinski definition) is 5. The van der Waals surface area contributed by atoms with E-state index < -0.39 is 54.2 Å². The average Bonchev–Trinajstić information content (AvgIpc) is 2.83. The zero-order valence-corrected chi connectivity index (χ0v) is 21.5. The highest BCUT2D eigenvalue weighted by atomic mass is 35.5. The summed E-state index contributed by atoms with van der Waals surface area (Å²) < 4.78 is 44.8. The van der Waals surface area contributed by atoms with Crippen LogP contribution in [0.2, 0.25) is 5.02 Å². The average molecular weight is 560 g/mol. The van der Waals surface area contributed by atoms with Crippen LogP contribution in [0.5, 0.6) is 5.75 Å². The van der Waals surface area contributed by atoms with Gasteiger partial charge in [-0.05, 0) is 41.3 Å². The molecule has 2 rings (SSSR count). The molecule has 0 aliphatic carbocycles. The molecule has 38 heavy (non-hydrogen) atoms.